The number of rotatable bonds is 3. The number of carbonyl (C=O) groups excluding carboxylic acids is 1. The van der Waals surface area contributed by atoms with Gasteiger partial charge in [-0.1, -0.05) is 27.4 Å². The number of hydrogen-bond acceptors (Lipinski definition) is 2. The minimum atomic E-state index is -0.275. The number of hydrogen-bond donors (Lipinski definition) is 1. The molecule has 0 aliphatic heterocycles. The molecule has 0 aliphatic rings. The molecule has 70 valence electrons. The zero-order chi connectivity index (χ0) is 9.78. The Morgan fingerprint density at radius 2 is 2.08 bits per heavy atom. The molecule has 0 aliphatic carbocycles. The predicted molar refractivity (Wildman–Crippen MR) is 48.6 cm³/mol. The fourth-order valence-corrected chi connectivity index (χ4v) is 0.817. The fraction of sp³-hybridized carbons (Fsp3) is 0.667. The normalized spacial score (nSPS) is 13.7. The van der Waals surface area contributed by atoms with Gasteiger partial charge in [0.2, 0.25) is 5.91 Å². The van der Waals surface area contributed by atoms with Crippen molar-refractivity contribution in [3.05, 3.63) is 12.7 Å². The zero-order valence-electron chi connectivity index (χ0n) is 8.18. The highest BCUT2D eigenvalue weighted by Gasteiger charge is 2.24. The van der Waals surface area contributed by atoms with E-state index >= 15 is 0 Å². The lowest BCUT2D eigenvalue weighted by Crippen LogP contribution is -2.44. The summed E-state index contributed by atoms with van der Waals surface area (Å²) in [5.41, 5.74) is -0.104. The number of methoxy groups -OCH3 is 1. The van der Waals surface area contributed by atoms with Crippen molar-refractivity contribution in [2.45, 2.75) is 27.0 Å². The van der Waals surface area contributed by atoms with Crippen molar-refractivity contribution in [2.24, 2.45) is 5.41 Å². The lowest BCUT2D eigenvalue weighted by molar-refractivity contribution is -0.123. The van der Waals surface area contributed by atoms with Gasteiger partial charge in [-0.3, -0.25) is 4.79 Å². The molecule has 0 aromatic carbocycles. The monoisotopic (exact) mass is 171 g/mol. The lowest BCUT2D eigenvalue weighted by Gasteiger charge is -2.29. The highest BCUT2D eigenvalue weighted by atomic mass is 16.5. The summed E-state index contributed by atoms with van der Waals surface area (Å²) in [6.07, 6.45) is 0.959. The van der Waals surface area contributed by atoms with E-state index < -0.39 is 0 Å². The third kappa shape index (κ3) is 3.53. The van der Waals surface area contributed by atoms with Gasteiger partial charge in [0.25, 0.3) is 0 Å². The van der Waals surface area contributed by atoms with Gasteiger partial charge in [-0.25, -0.2) is 0 Å². The Morgan fingerprint density at radius 1 is 1.58 bits per heavy atom. The van der Waals surface area contributed by atoms with E-state index in [4.69, 9.17) is 4.74 Å². The Kier molecular flexibility index (Phi) is 3.96. The van der Waals surface area contributed by atoms with E-state index in [0.717, 1.165) is 0 Å². The summed E-state index contributed by atoms with van der Waals surface area (Å²) >= 11 is 0. The Bertz CT molecular complexity index is 170. The molecule has 0 radical (unpaired) electrons. The van der Waals surface area contributed by atoms with Gasteiger partial charge in [0.1, 0.15) is 6.23 Å². The van der Waals surface area contributed by atoms with Crippen molar-refractivity contribution in [3.8, 4) is 0 Å². The number of amides is 1. The second-order valence-electron chi connectivity index (χ2n) is 3.69. The molecule has 0 fully saturated rings. The summed E-state index contributed by atoms with van der Waals surface area (Å²) < 4.78 is 5.11. The minimum Gasteiger partial charge on any atom is -0.361 e. The topological polar surface area (TPSA) is 38.3 Å². The average molecular weight is 171 g/mol. The molecule has 1 amide bonds. The molecule has 0 heterocycles. The standard InChI is InChI=1S/C9H17NO2/c1-6-7(11)10-8(12-5)9(2,3)4/h6,8H,1H2,2-5H3,(H,10,11). The molecule has 0 bridgehead atoms. The van der Waals surface area contributed by atoms with Crippen molar-refractivity contribution in [2.75, 3.05) is 7.11 Å². The summed E-state index contributed by atoms with van der Waals surface area (Å²) in [4.78, 5) is 10.9. The maximum Gasteiger partial charge on any atom is 0.245 e. The van der Waals surface area contributed by atoms with Gasteiger partial charge in [-0.2, -0.15) is 0 Å². The van der Waals surface area contributed by atoms with Crippen LogP contribution in [-0.4, -0.2) is 19.2 Å². The van der Waals surface area contributed by atoms with Crippen molar-refractivity contribution in [1.82, 2.24) is 5.32 Å². The van der Waals surface area contributed by atoms with Crippen molar-refractivity contribution in [1.29, 1.82) is 0 Å². The molecular formula is C9H17NO2. The second kappa shape index (κ2) is 4.26. The first-order chi connectivity index (χ1) is 5.41. The number of nitrogens with one attached hydrogen (secondary N) is 1. The molecule has 0 aromatic rings. The maximum absolute atomic E-state index is 10.9. The molecule has 3 heteroatoms. The zero-order valence-corrected chi connectivity index (χ0v) is 8.18. The van der Waals surface area contributed by atoms with Crippen LogP contribution in [0.15, 0.2) is 12.7 Å². The smallest absolute Gasteiger partial charge is 0.245 e. The highest BCUT2D eigenvalue weighted by Crippen LogP contribution is 2.19. The van der Waals surface area contributed by atoms with Crippen LogP contribution in [0.25, 0.3) is 0 Å². The molecule has 0 rings (SSSR count). The van der Waals surface area contributed by atoms with Crippen LogP contribution in [0, 0.1) is 5.41 Å². The van der Waals surface area contributed by atoms with E-state index in [0.29, 0.717) is 0 Å². The van der Waals surface area contributed by atoms with Crippen molar-refractivity contribution >= 4 is 5.91 Å². The van der Waals surface area contributed by atoms with E-state index in [2.05, 4.69) is 11.9 Å². The maximum atomic E-state index is 10.9. The van der Waals surface area contributed by atoms with Crippen LogP contribution in [0.3, 0.4) is 0 Å². The minimum absolute atomic E-state index is 0.104. The van der Waals surface area contributed by atoms with Gasteiger partial charge < -0.3 is 10.1 Å². The Balaban J connectivity index is 4.18. The molecular weight excluding hydrogens is 154 g/mol. The van der Waals surface area contributed by atoms with E-state index in [9.17, 15) is 4.79 Å². The van der Waals surface area contributed by atoms with Crippen LogP contribution >= 0.6 is 0 Å². The quantitative estimate of drug-likeness (QED) is 0.513. The molecule has 0 spiro atoms. The van der Waals surface area contributed by atoms with Crippen LogP contribution in [0.4, 0.5) is 0 Å². The fourth-order valence-electron chi connectivity index (χ4n) is 0.817. The molecule has 1 N–H and O–H groups in total. The van der Waals surface area contributed by atoms with Gasteiger partial charge >= 0.3 is 0 Å². The highest BCUT2D eigenvalue weighted by molar-refractivity contribution is 5.87. The summed E-state index contributed by atoms with van der Waals surface area (Å²) in [6, 6.07) is 0. The predicted octanol–water partition coefficient (Wildman–Crippen LogP) is 1.31. The molecule has 12 heavy (non-hydrogen) atoms. The van der Waals surface area contributed by atoms with Gasteiger partial charge in [0, 0.05) is 12.5 Å². The first-order valence-corrected chi connectivity index (χ1v) is 3.87. The Hall–Kier alpha value is -0.830. The van der Waals surface area contributed by atoms with Gasteiger partial charge in [-0.15, -0.1) is 0 Å². The molecule has 3 nitrogen and oxygen atoms in total. The van der Waals surface area contributed by atoms with Crippen LogP contribution in [0.1, 0.15) is 20.8 Å². The largest absolute Gasteiger partial charge is 0.361 e. The van der Waals surface area contributed by atoms with E-state index in [1.54, 1.807) is 7.11 Å². The molecule has 0 saturated heterocycles. The summed E-state index contributed by atoms with van der Waals surface area (Å²) in [7, 11) is 1.57. The van der Waals surface area contributed by atoms with E-state index in [1.165, 1.54) is 6.08 Å². The third-order valence-corrected chi connectivity index (χ3v) is 1.48. The first kappa shape index (κ1) is 11.2. The third-order valence-electron chi connectivity index (χ3n) is 1.48. The van der Waals surface area contributed by atoms with E-state index in [1.807, 2.05) is 20.8 Å². The number of carbonyl (C=O) groups is 1. The van der Waals surface area contributed by atoms with E-state index in [-0.39, 0.29) is 17.6 Å². The van der Waals surface area contributed by atoms with Gasteiger partial charge in [-0.05, 0) is 6.08 Å². The molecule has 1 unspecified atom stereocenters. The summed E-state index contributed by atoms with van der Waals surface area (Å²) in [6.45, 7) is 9.33. The SMILES string of the molecule is C=CC(=O)NC(OC)C(C)(C)C. The summed E-state index contributed by atoms with van der Waals surface area (Å²) in [5.74, 6) is -0.211. The van der Waals surface area contributed by atoms with Crippen LogP contribution in [0.2, 0.25) is 0 Å². The van der Waals surface area contributed by atoms with Crippen LogP contribution in [-0.2, 0) is 9.53 Å². The van der Waals surface area contributed by atoms with Gasteiger partial charge in [0.05, 0.1) is 0 Å². The van der Waals surface area contributed by atoms with Crippen molar-refractivity contribution in [3.63, 3.8) is 0 Å². The van der Waals surface area contributed by atoms with Crippen molar-refractivity contribution < 1.29 is 9.53 Å². The lowest BCUT2D eigenvalue weighted by atomic mass is 9.94. The summed E-state index contributed by atoms with van der Waals surface area (Å²) in [5, 5.41) is 2.68. The molecule has 1 atom stereocenters. The van der Waals surface area contributed by atoms with Crippen LogP contribution < -0.4 is 5.32 Å². The first-order valence-electron chi connectivity index (χ1n) is 3.87. The second-order valence-corrected chi connectivity index (χ2v) is 3.69. The Labute approximate surface area is 73.8 Å². The van der Waals surface area contributed by atoms with Crippen LogP contribution in [0.5, 0.6) is 0 Å². The Morgan fingerprint density at radius 3 is 2.33 bits per heavy atom. The average Bonchev–Trinajstić information content (AvgIpc) is 1.97. The molecule has 0 aromatic heterocycles. The van der Waals surface area contributed by atoms with Gasteiger partial charge in [0.15, 0.2) is 0 Å². The molecule has 0 saturated carbocycles. The number of ether oxygens (including phenoxy) is 1.